The Balaban J connectivity index is 1.52. The molecule has 0 saturated carbocycles. The van der Waals surface area contributed by atoms with E-state index in [0.29, 0.717) is 34.8 Å². The summed E-state index contributed by atoms with van der Waals surface area (Å²) in [6, 6.07) is 21.5. The van der Waals surface area contributed by atoms with E-state index in [-0.39, 0.29) is 10.8 Å². The van der Waals surface area contributed by atoms with Crippen LogP contribution >= 0.6 is 11.3 Å². The average Bonchev–Trinajstić information content (AvgIpc) is 3.17. The Morgan fingerprint density at radius 3 is 2.60 bits per heavy atom. The molecule has 0 aliphatic rings. The van der Waals surface area contributed by atoms with Gasteiger partial charge in [-0.3, -0.25) is 14.2 Å². The van der Waals surface area contributed by atoms with Gasteiger partial charge in [-0.15, -0.1) is 0 Å². The Labute approximate surface area is 207 Å². The van der Waals surface area contributed by atoms with Crippen LogP contribution in [0.3, 0.4) is 0 Å². The van der Waals surface area contributed by atoms with Crippen molar-refractivity contribution in [2.75, 3.05) is 13.7 Å². The minimum atomic E-state index is -0.470. The number of benzene rings is 3. The highest BCUT2D eigenvalue weighted by atomic mass is 32.1. The van der Waals surface area contributed by atoms with E-state index in [0.717, 1.165) is 35.5 Å². The third kappa shape index (κ3) is 5.69. The van der Waals surface area contributed by atoms with Crippen molar-refractivity contribution in [1.82, 2.24) is 9.88 Å². The normalized spacial score (nSPS) is 10.8. The number of hydrogen-bond acceptors (Lipinski definition) is 4. The van der Waals surface area contributed by atoms with Crippen LogP contribution < -0.4 is 14.9 Å². The smallest absolute Gasteiger partial charge is 0.312 e. The van der Waals surface area contributed by atoms with E-state index in [4.69, 9.17) is 4.74 Å². The molecule has 1 N–H and O–H groups in total. The van der Waals surface area contributed by atoms with Gasteiger partial charge in [0.05, 0.1) is 18.5 Å². The maximum atomic E-state index is 14.1. The predicted molar refractivity (Wildman–Crippen MR) is 138 cm³/mol. The Hall–Kier alpha value is -3.71. The predicted octanol–water partition coefficient (Wildman–Crippen LogP) is 5.77. The number of amides is 1. The zero-order valence-electron chi connectivity index (χ0n) is 19.7. The number of unbranched alkanes of at least 4 members (excludes halogenated alkanes) is 1. The first-order valence-corrected chi connectivity index (χ1v) is 12.3. The summed E-state index contributed by atoms with van der Waals surface area (Å²) in [5.74, 6) is -0.253. The number of aromatic nitrogens is 1. The third-order valence-electron chi connectivity index (χ3n) is 5.78. The van der Waals surface area contributed by atoms with Crippen molar-refractivity contribution < 1.29 is 13.9 Å². The van der Waals surface area contributed by atoms with Gasteiger partial charge in [0.25, 0.3) is 5.91 Å². The van der Waals surface area contributed by atoms with E-state index in [1.165, 1.54) is 35.4 Å². The number of nitrogens with one attached hydrogen (secondary N) is 1. The molecule has 0 aliphatic carbocycles. The topological polar surface area (TPSA) is 60.3 Å². The number of halogens is 1. The molecule has 5 nitrogen and oxygen atoms in total. The number of thiazole rings is 1. The summed E-state index contributed by atoms with van der Waals surface area (Å²) in [6.45, 7) is 2.42. The molecule has 0 atom stereocenters. The molecule has 0 aliphatic heterocycles. The molecule has 0 fully saturated rings. The van der Waals surface area contributed by atoms with Crippen molar-refractivity contribution in [3.05, 3.63) is 104 Å². The summed E-state index contributed by atoms with van der Waals surface area (Å²) in [7, 11) is 1.48. The second-order valence-electron chi connectivity index (χ2n) is 8.20. The van der Waals surface area contributed by atoms with Gasteiger partial charge in [0.15, 0.2) is 0 Å². The number of hydrogen-bond donors (Lipinski definition) is 1. The van der Waals surface area contributed by atoms with Gasteiger partial charge < -0.3 is 10.1 Å². The summed E-state index contributed by atoms with van der Waals surface area (Å²) in [5.41, 5.74) is 3.43. The third-order valence-corrected chi connectivity index (χ3v) is 6.64. The van der Waals surface area contributed by atoms with Crippen molar-refractivity contribution in [3.63, 3.8) is 0 Å². The average molecular weight is 491 g/mol. The lowest BCUT2D eigenvalue weighted by molar-refractivity contribution is 0.0953. The quantitative estimate of drug-likeness (QED) is 0.303. The van der Waals surface area contributed by atoms with Crippen LogP contribution in [0.1, 0.15) is 33.6 Å². The number of rotatable bonds is 9. The fourth-order valence-electron chi connectivity index (χ4n) is 4.07. The van der Waals surface area contributed by atoms with Crippen LogP contribution in [-0.2, 0) is 6.42 Å². The fraction of sp³-hybridized carbons (Fsp3) is 0.214. The van der Waals surface area contributed by atoms with E-state index in [1.807, 2.05) is 31.2 Å². The van der Waals surface area contributed by atoms with E-state index in [9.17, 15) is 14.0 Å². The Kier molecular flexibility index (Phi) is 7.77. The molecule has 0 bridgehead atoms. The van der Waals surface area contributed by atoms with Gasteiger partial charge in [0.2, 0.25) is 0 Å². The Morgan fingerprint density at radius 1 is 1.03 bits per heavy atom. The molecular formula is C28H27FN2O3S. The molecule has 4 aromatic rings. The van der Waals surface area contributed by atoms with Crippen LogP contribution in [0.15, 0.2) is 77.6 Å². The molecule has 1 aromatic heterocycles. The minimum Gasteiger partial charge on any atom is -0.495 e. The van der Waals surface area contributed by atoms with Crippen LogP contribution in [-0.4, -0.2) is 24.1 Å². The number of methoxy groups -OCH3 is 1. The van der Waals surface area contributed by atoms with E-state index in [2.05, 4.69) is 17.4 Å². The van der Waals surface area contributed by atoms with Gasteiger partial charge in [-0.1, -0.05) is 53.8 Å². The monoisotopic (exact) mass is 490 g/mol. The summed E-state index contributed by atoms with van der Waals surface area (Å²) in [5, 5.41) is 2.98. The molecular weight excluding hydrogens is 463 g/mol. The van der Waals surface area contributed by atoms with Gasteiger partial charge in [-0.05, 0) is 56.0 Å². The second kappa shape index (κ2) is 11.1. The lowest BCUT2D eigenvalue weighted by Crippen LogP contribution is -2.24. The summed E-state index contributed by atoms with van der Waals surface area (Å²) in [6.07, 6.45) is 2.84. The number of carbonyl (C=O) groups excluding carboxylic acids is 1. The maximum Gasteiger partial charge on any atom is 0.312 e. The second-order valence-corrected chi connectivity index (χ2v) is 9.37. The minimum absolute atomic E-state index is 0.170. The number of aryl methyl sites for hydroxylation is 2. The summed E-state index contributed by atoms with van der Waals surface area (Å²) < 4.78 is 20.9. The fourth-order valence-corrected chi connectivity index (χ4v) is 4.92. The highest BCUT2D eigenvalue weighted by molar-refractivity contribution is 7.09. The highest BCUT2D eigenvalue weighted by Gasteiger charge is 2.20. The SMILES string of the molecule is COc1ccc(F)cc1-n1c(-c2cccc(C(=O)NCCCCc3ccccc3)c2)c(C)sc1=O. The van der Waals surface area contributed by atoms with E-state index in [1.54, 1.807) is 18.2 Å². The molecule has 0 unspecified atom stereocenters. The maximum absolute atomic E-state index is 14.1. The van der Waals surface area contributed by atoms with Crippen LogP contribution in [0.25, 0.3) is 16.9 Å². The van der Waals surface area contributed by atoms with Gasteiger partial charge >= 0.3 is 4.87 Å². The first-order valence-electron chi connectivity index (χ1n) is 11.5. The summed E-state index contributed by atoms with van der Waals surface area (Å²) >= 11 is 1.07. The zero-order valence-corrected chi connectivity index (χ0v) is 20.5. The molecule has 3 aromatic carbocycles. The molecule has 0 saturated heterocycles. The molecule has 1 heterocycles. The highest BCUT2D eigenvalue weighted by Crippen LogP contribution is 2.32. The molecule has 7 heteroatoms. The molecule has 0 spiro atoms. The van der Waals surface area contributed by atoms with Gasteiger partial charge in [0.1, 0.15) is 11.6 Å². The van der Waals surface area contributed by atoms with Crippen LogP contribution in [0.4, 0.5) is 4.39 Å². The zero-order chi connectivity index (χ0) is 24.8. The van der Waals surface area contributed by atoms with Crippen LogP contribution in [0.5, 0.6) is 5.75 Å². The summed E-state index contributed by atoms with van der Waals surface area (Å²) in [4.78, 5) is 26.2. The van der Waals surface area contributed by atoms with Crippen LogP contribution in [0, 0.1) is 12.7 Å². The standard InChI is InChI=1S/C28H27FN2O3S/c1-19-26(31(28(33)35-19)24-18-23(29)14-15-25(24)34-2)21-12-8-13-22(17-21)27(32)30-16-7-6-11-20-9-4-3-5-10-20/h3-5,8-10,12-15,17-18H,6-7,11,16H2,1-2H3,(H,30,32). The van der Waals surface area contributed by atoms with Crippen molar-refractivity contribution in [2.24, 2.45) is 0 Å². The number of ether oxygens (including phenoxy) is 1. The molecule has 180 valence electrons. The number of carbonyl (C=O) groups is 1. The van der Waals surface area contributed by atoms with Crippen molar-refractivity contribution >= 4 is 17.2 Å². The van der Waals surface area contributed by atoms with E-state index < -0.39 is 5.82 Å². The first kappa shape index (κ1) is 24.4. The lowest BCUT2D eigenvalue weighted by atomic mass is 10.1. The largest absolute Gasteiger partial charge is 0.495 e. The first-order chi connectivity index (χ1) is 17.0. The van der Waals surface area contributed by atoms with E-state index >= 15 is 0 Å². The van der Waals surface area contributed by atoms with Crippen LogP contribution in [0.2, 0.25) is 0 Å². The van der Waals surface area contributed by atoms with Crippen molar-refractivity contribution in [2.45, 2.75) is 26.2 Å². The van der Waals surface area contributed by atoms with Crippen molar-refractivity contribution in [1.29, 1.82) is 0 Å². The Bertz CT molecular complexity index is 1380. The van der Waals surface area contributed by atoms with Gasteiger partial charge in [-0.2, -0.15) is 0 Å². The lowest BCUT2D eigenvalue weighted by Gasteiger charge is -2.14. The Morgan fingerprint density at radius 2 is 1.83 bits per heavy atom. The molecule has 0 radical (unpaired) electrons. The van der Waals surface area contributed by atoms with Gasteiger partial charge in [0, 0.05) is 28.6 Å². The van der Waals surface area contributed by atoms with Gasteiger partial charge in [-0.25, -0.2) is 4.39 Å². The molecule has 1 amide bonds. The number of nitrogens with zero attached hydrogens (tertiary/aromatic N) is 1. The molecule has 4 rings (SSSR count). The van der Waals surface area contributed by atoms with Crippen molar-refractivity contribution in [3.8, 4) is 22.7 Å². The molecule has 35 heavy (non-hydrogen) atoms.